The van der Waals surface area contributed by atoms with Crippen molar-refractivity contribution >= 4 is 11.6 Å². The summed E-state index contributed by atoms with van der Waals surface area (Å²) in [5.41, 5.74) is 3.22. The van der Waals surface area contributed by atoms with Crippen molar-refractivity contribution in [3.05, 3.63) is 47.0 Å². The highest BCUT2D eigenvalue weighted by atomic mass is 16.5. The Kier molecular flexibility index (Phi) is 4.83. The van der Waals surface area contributed by atoms with Crippen molar-refractivity contribution in [2.75, 3.05) is 19.0 Å². The van der Waals surface area contributed by atoms with Crippen LogP contribution in [0.25, 0.3) is 0 Å². The van der Waals surface area contributed by atoms with Crippen LogP contribution in [-0.4, -0.2) is 25.7 Å². The monoisotopic (exact) mass is 341 g/mol. The molecule has 0 spiro atoms. The summed E-state index contributed by atoms with van der Waals surface area (Å²) in [5.74, 6) is 1.92. The van der Waals surface area contributed by atoms with Gasteiger partial charge in [0, 0.05) is 23.6 Å². The van der Waals surface area contributed by atoms with Crippen LogP contribution in [-0.2, 0) is 6.42 Å². The fraction of sp³-hybridized carbons (Fsp3) is 0.350. The fourth-order valence-corrected chi connectivity index (χ4v) is 2.97. The number of ether oxygens (including phenoxy) is 3. The maximum atomic E-state index is 12.7. The van der Waals surface area contributed by atoms with Crippen molar-refractivity contribution in [2.24, 2.45) is 0 Å². The SMILES string of the molecule is CCOc1cc2c(cc1NC(=O)c1ccc(C)c(OC)c1)O[C@@H](C)C2. The van der Waals surface area contributed by atoms with Crippen molar-refractivity contribution in [1.29, 1.82) is 0 Å². The number of amides is 1. The lowest BCUT2D eigenvalue weighted by Gasteiger charge is -2.14. The van der Waals surface area contributed by atoms with E-state index >= 15 is 0 Å². The van der Waals surface area contributed by atoms with E-state index in [9.17, 15) is 4.79 Å². The molecule has 2 aromatic rings. The molecule has 2 aromatic carbocycles. The summed E-state index contributed by atoms with van der Waals surface area (Å²) < 4.78 is 16.8. The molecule has 1 aliphatic rings. The molecule has 3 rings (SSSR count). The van der Waals surface area contributed by atoms with Gasteiger partial charge in [0.15, 0.2) is 0 Å². The molecule has 0 radical (unpaired) electrons. The Hall–Kier alpha value is -2.69. The highest BCUT2D eigenvalue weighted by Gasteiger charge is 2.23. The van der Waals surface area contributed by atoms with Gasteiger partial charge in [-0.15, -0.1) is 0 Å². The van der Waals surface area contributed by atoms with Crippen LogP contribution < -0.4 is 19.5 Å². The standard InChI is InChI=1S/C20H23NO4/c1-5-24-19-10-15-8-13(3)25-18(15)11-16(19)21-20(22)14-7-6-12(2)17(9-14)23-4/h6-7,9-11,13H,5,8H2,1-4H3,(H,21,22)/t13-/m0/s1. The lowest BCUT2D eigenvalue weighted by atomic mass is 10.1. The van der Waals surface area contributed by atoms with Crippen LogP contribution in [0.5, 0.6) is 17.2 Å². The van der Waals surface area contributed by atoms with Crippen LogP contribution in [0.2, 0.25) is 0 Å². The van der Waals surface area contributed by atoms with Gasteiger partial charge >= 0.3 is 0 Å². The third kappa shape index (κ3) is 3.55. The molecule has 0 saturated heterocycles. The predicted octanol–water partition coefficient (Wildman–Crippen LogP) is 3.98. The second-order valence-electron chi connectivity index (χ2n) is 6.16. The molecule has 5 nitrogen and oxygen atoms in total. The Labute approximate surface area is 147 Å². The van der Waals surface area contributed by atoms with Crippen molar-refractivity contribution in [1.82, 2.24) is 0 Å². The van der Waals surface area contributed by atoms with Crippen LogP contribution in [0, 0.1) is 6.92 Å². The number of anilines is 1. The average molecular weight is 341 g/mol. The fourth-order valence-electron chi connectivity index (χ4n) is 2.97. The molecule has 1 atom stereocenters. The van der Waals surface area contributed by atoms with Gasteiger partial charge in [0.2, 0.25) is 0 Å². The molecule has 0 unspecified atom stereocenters. The largest absolute Gasteiger partial charge is 0.496 e. The maximum Gasteiger partial charge on any atom is 0.255 e. The summed E-state index contributed by atoms with van der Waals surface area (Å²) in [6.45, 7) is 6.41. The van der Waals surface area contributed by atoms with E-state index in [0.717, 1.165) is 23.3 Å². The molecular weight excluding hydrogens is 318 g/mol. The molecule has 1 N–H and O–H groups in total. The average Bonchev–Trinajstić information content (AvgIpc) is 2.94. The first kappa shape index (κ1) is 17.1. The Bertz CT molecular complexity index is 801. The first-order valence-corrected chi connectivity index (χ1v) is 8.44. The van der Waals surface area contributed by atoms with Crippen LogP contribution in [0.3, 0.4) is 0 Å². The quantitative estimate of drug-likeness (QED) is 0.894. The van der Waals surface area contributed by atoms with Crippen molar-refractivity contribution in [3.63, 3.8) is 0 Å². The Morgan fingerprint density at radius 2 is 2.08 bits per heavy atom. The van der Waals surface area contributed by atoms with Gasteiger partial charge < -0.3 is 19.5 Å². The number of rotatable bonds is 5. The number of aryl methyl sites for hydroxylation is 1. The normalized spacial score (nSPS) is 15.3. The molecule has 25 heavy (non-hydrogen) atoms. The molecule has 1 heterocycles. The molecule has 132 valence electrons. The first-order valence-electron chi connectivity index (χ1n) is 8.44. The van der Waals surface area contributed by atoms with Gasteiger partial charge in [-0.1, -0.05) is 6.07 Å². The predicted molar refractivity (Wildman–Crippen MR) is 97.1 cm³/mol. The van der Waals surface area contributed by atoms with Gasteiger partial charge in [0.25, 0.3) is 5.91 Å². The lowest BCUT2D eigenvalue weighted by molar-refractivity contribution is 0.102. The van der Waals surface area contributed by atoms with Crippen LogP contribution in [0.4, 0.5) is 5.69 Å². The number of methoxy groups -OCH3 is 1. The number of carbonyl (C=O) groups is 1. The van der Waals surface area contributed by atoms with E-state index in [2.05, 4.69) is 5.32 Å². The molecule has 0 aliphatic carbocycles. The van der Waals surface area contributed by atoms with Gasteiger partial charge in [-0.05, 0) is 44.5 Å². The summed E-state index contributed by atoms with van der Waals surface area (Å²) in [4.78, 5) is 12.7. The molecule has 1 aliphatic heterocycles. The zero-order valence-electron chi connectivity index (χ0n) is 15.0. The lowest BCUT2D eigenvalue weighted by Crippen LogP contribution is -2.13. The summed E-state index contributed by atoms with van der Waals surface area (Å²) >= 11 is 0. The number of benzene rings is 2. The minimum atomic E-state index is -0.217. The van der Waals surface area contributed by atoms with E-state index in [1.54, 1.807) is 19.2 Å². The third-order valence-corrected chi connectivity index (χ3v) is 4.22. The molecule has 0 fully saturated rings. The number of fused-ring (bicyclic) bond motifs is 1. The molecule has 0 saturated carbocycles. The minimum absolute atomic E-state index is 0.136. The number of hydrogen-bond acceptors (Lipinski definition) is 4. The van der Waals surface area contributed by atoms with E-state index in [0.29, 0.717) is 29.4 Å². The van der Waals surface area contributed by atoms with Gasteiger partial charge in [0.05, 0.1) is 19.4 Å². The van der Waals surface area contributed by atoms with Crippen LogP contribution >= 0.6 is 0 Å². The smallest absolute Gasteiger partial charge is 0.255 e. The molecule has 1 amide bonds. The third-order valence-electron chi connectivity index (χ3n) is 4.22. The molecule has 0 bridgehead atoms. The van der Waals surface area contributed by atoms with Crippen LogP contribution in [0.1, 0.15) is 35.3 Å². The Morgan fingerprint density at radius 3 is 2.80 bits per heavy atom. The Morgan fingerprint density at radius 1 is 1.28 bits per heavy atom. The van der Waals surface area contributed by atoms with E-state index in [1.807, 2.05) is 39.0 Å². The summed E-state index contributed by atoms with van der Waals surface area (Å²) in [5, 5.41) is 2.93. The first-order chi connectivity index (χ1) is 12.0. The van der Waals surface area contributed by atoms with Gasteiger partial charge in [-0.25, -0.2) is 0 Å². The second-order valence-corrected chi connectivity index (χ2v) is 6.16. The van der Waals surface area contributed by atoms with Gasteiger partial charge in [-0.2, -0.15) is 0 Å². The van der Waals surface area contributed by atoms with Crippen molar-refractivity contribution < 1.29 is 19.0 Å². The van der Waals surface area contributed by atoms with E-state index in [1.165, 1.54) is 0 Å². The van der Waals surface area contributed by atoms with E-state index < -0.39 is 0 Å². The van der Waals surface area contributed by atoms with Gasteiger partial charge in [-0.3, -0.25) is 4.79 Å². The minimum Gasteiger partial charge on any atom is -0.496 e. The highest BCUT2D eigenvalue weighted by molar-refractivity contribution is 6.05. The van der Waals surface area contributed by atoms with Crippen molar-refractivity contribution in [2.45, 2.75) is 33.3 Å². The van der Waals surface area contributed by atoms with E-state index in [4.69, 9.17) is 14.2 Å². The number of nitrogens with one attached hydrogen (secondary N) is 1. The molecular formula is C20H23NO4. The highest BCUT2D eigenvalue weighted by Crippen LogP contribution is 2.38. The zero-order chi connectivity index (χ0) is 18.0. The van der Waals surface area contributed by atoms with Gasteiger partial charge in [0.1, 0.15) is 23.4 Å². The Balaban J connectivity index is 1.89. The maximum absolute atomic E-state index is 12.7. The van der Waals surface area contributed by atoms with Crippen LogP contribution in [0.15, 0.2) is 30.3 Å². The zero-order valence-corrected chi connectivity index (χ0v) is 15.0. The van der Waals surface area contributed by atoms with Crippen molar-refractivity contribution in [3.8, 4) is 17.2 Å². The second kappa shape index (κ2) is 7.05. The number of hydrogen-bond donors (Lipinski definition) is 1. The summed E-state index contributed by atoms with van der Waals surface area (Å²) in [6, 6.07) is 9.17. The summed E-state index contributed by atoms with van der Waals surface area (Å²) in [6.07, 6.45) is 0.982. The van der Waals surface area contributed by atoms with E-state index in [-0.39, 0.29) is 12.0 Å². The number of carbonyl (C=O) groups excluding carboxylic acids is 1. The topological polar surface area (TPSA) is 56.8 Å². The molecule has 0 aromatic heterocycles. The summed E-state index contributed by atoms with van der Waals surface area (Å²) in [7, 11) is 1.59. The molecule has 5 heteroatoms.